The molecule has 0 saturated carbocycles. The number of hydrogen-bond acceptors (Lipinski definition) is 4. The zero-order valence-electron chi connectivity index (χ0n) is 12.6. The Hall–Kier alpha value is -1.36. The first kappa shape index (κ1) is 14.6. The topological polar surface area (TPSA) is 51.6 Å². The monoisotopic (exact) mass is 288 g/mol. The van der Waals surface area contributed by atoms with Gasteiger partial charge in [-0.25, -0.2) is 0 Å². The summed E-state index contributed by atoms with van der Waals surface area (Å²) in [6, 6.07) is 8.41. The van der Waals surface area contributed by atoms with Gasteiger partial charge in [-0.1, -0.05) is 18.2 Å². The second-order valence-corrected chi connectivity index (χ2v) is 5.63. The summed E-state index contributed by atoms with van der Waals surface area (Å²) in [6.45, 7) is 5.55. The zero-order valence-corrected chi connectivity index (χ0v) is 12.6. The average Bonchev–Trinajstić information content (AvgIpc) is 2.94. The van der Waals surface area contributed by atoms with Crippen molar-refractivity contribution in [3.05, 3.63) is 36.1 Å². The lowest BCUT2D eigenvalue weighted by atomic mass is 10.00. The van der Waals surface area contributed by atoms with Crippen LogP contribution < -0.4 is 5.73 Å². The number of hydrogen-bond donors (Lipinski definition) is 1. The van der Waals surface area contributed by atoms with Gasteiger partial charge in [0.2, 0.25) is 0 Å². The lowest BCUT2D eigenvalue weighted by molar-refractivity contribution is 0.00460. The van der Waals surface area contributed by atoms with Crippen LogP contribution in [0.15, 0.2) is 34.9 Å². The van der Waals surface area contributed by atoms with Crippen molar-refractivity contribution in [2.45, 2.75) is 31.9 Å². The molecule has 1 aromatic carbocycles. The van der Waals surface area contributed by atoms with Gasteiger partial charge in [0.05, 0.1) is 18.4 Å². The first-order valence-electron chi connectivity index (χ1n) is 7.85. The minimum atomic E-state index is 0.233. The predicted molar refractivity (Wildman–Crippen MR) is 84.2 cm³/mol. The predicted octanol–water partition coefficient (Wildman–Crippen LogP) is 2.93. The summed E-state index contributed by atoms with van der Waals surface area (Å²) in [5.41, 5.74) is 8.22. The van der Waals surface area contributed by atoms with E-state index in [1.54, 1.807) is 0 Å². The van der Waals surface area contributed by atoms with Gasteiger partial charge in [-0.15, -0.1) is 0 Å². The van der Waals surface area contributed by atoms with Crippen molar-refractivity contribution in [1.82, 2.24) is 4.90 Å². The number of nitrogens with two attached hydrogens (primary N) is 1. The van der Waals surface area contributed by atoms with Crippen LogP contribution >= 0.6 is 0 Å². The van der Waals surface area contributed by atoms with E-state index in [2.05, 4.69) is 24.0 Å². The minimum absolute atomic E-state index is 0.233. The molecule has 2 heterocycles. The molecule has 0 bridgehead atoms. The van der Waals surface area contributed by atoms with Crippen LogP contribution in [0.3, 0.4) is 0 Å². The largest absolute Gasteiger partial charge is 0.464 e. The van der Waals surface area contributed by atoms with Crippen LogP contribution in [0.25, 0.3) is 11.0 Å². The van der Waals surface area contributed by atoms with Gasteiger partial charge in [0.25, 0.3) is 0 Å². The normalized spacial score (nSPS) is 19.1. The molecule has 1 unspecified atom stereocenters. The molecule has 3 rings (SSSR count). The molecular formula is C17H24N2O2. The summed E-state index contributed by atoms with van der Waals surface area (Å²) >= 11 is 0. The molecule has 4 nitrogen and oxygen atoms in total. The highest BCUT2D eigenvalue weighted by atomic mass is 16.5. The molecule has 0 radical (unpaired) electrons. The molecule has 0 spiro atoms. The van der Waals surface area contributed by atoms with Gasteiger partial charge in [0, 0.05) is 37.2 Å². The highest BCUT2D eigenvalue weighted by Crippen LogP contribution is 2.31. The summed E-state index contributed by atoms with van der Waals surface area (Å²) < 4.78 is 11.4. The van der Waals surface area contributed by atoms with Crippen LogP contribution in [0.2, 0.25) is 0 Å². The molecule has 1 aliphatic rings. The van der Waals surface area contributed by atoms with Crippen molar-refractivity contribution < 1.29 is 9.15 Å². The Bertz CT molecular complexity index is 573. The number of benzene rings is 1. The van der Waals surface area contributed by atoms with Crippen molar-refractivity contribution in [3.63, 3.8) is 0 Å². The molecule has 0 aliphatic carbocycles. The number of piperidine rings is 1. The smallest absolute Gasteiger partial charge is 0.134 e. The third kappa shape index (κ3) is 2.98. The van der Waals surface area contributed by atoms with Crippen molar-refractivity contribution in [1.29, 1.82) is 0 Å². The molecule has 114 valence electrons. The van der Waals surface area contributed by atoms with Crippen LogP contribution in [-0.2, 0) is 4.74 Å². The van der Waals surface area contributed by atoms with Crippen molar-refractivity contribution >= 4 is 11.0 Å². The van der Waals surface area contributed by atoms with Gasteiger partial charge in [-0.05, 0) is 25.8 Å². The molecule has 1 aromatic heterocycles. The molecule has 4 heteroatoms. The molecule has 1 fully saturated rings. The number of para-hydroxylation sites is 1. The third-order valence-electron chi connectivity index (χ3n) is 4.41. The summed E-state index contributed by atoms with van der Waals surface area (Å²) in [7, 11) is 0. The van der Waals surface area contributed by atoms with E-state index < -0.39 is 0 Å². The Labute approximate surface area is 125 Å². The quantitative estimate of drug-likeness (QED) is 0.919. The van der Waals surface area contributed by atoms with E-state index in [0.29, 0.717) is 12.6 Å². The number of ether oxygens (including phenoxy) is 1. The summed E-state index contributed by atoms with van der Waals surface area (Å²) in [5, 5.41) is 1.18. The molecule has 21 heavy (non-hydrogen) atoms. The summed E-state index contributed by atoms with van der Waals surface area (Å²) in [4.78, 5) is 2.47. The van der Waals surface area contributed by atoms with E-state index in [-0.39, 0.29) is 6.04 Å². The highest BCUT2D eigenvalue weighted by molar-refractivity contribution is 5.81. The van der Waals surface area contributed by atoms with Crippen LogP contribution in [-0.4, -0.2) is 37.2 Å². The number of likely N-dealkylation sites (tertiary alicyclic amines) is 1. The van der Waals surface area contributed by atoms with Gasteiger partial charge in [-0.3, -0.25) is 4.90 Å². The SMILES string of the molecule is CCOC1CCN(C(CN)c2coc3ccccc23)CC1. The lowest BCUT2D eigenvalue weighted by Crippen LogP contribution is -2.41. The first-order valence-corrected chi connectivity index (χ1v) is 7.85. The molecule has 1 atom stereocenters. The Balaban J connectivity index is 1.76. The number of fused-ring (bicyclic) bond motifs is 1. The molecule has 1 saturated heterocycles. The first-order chi connectivity index (χ1) is 10.3. The second kappa shape index (κ2) is 6.60. The molecule has 2 N–H and O–H groups in total. The van der Waals surface area contributed by atoms with Crippen LogP contribution in [0.1, 0.15) is 31.4 Å². The van der Waals surface area contributed by atoms with Gasteiger partial charge in [0.15, 0.2) is 0 Å². The zero-order chi connectivity index (χ0) is 14.7. The van der Waals surface area contributed by atoms with Crippen LogP contribution in [0, 0.1) is 0 Å². The highest BCUT2D eigenvalue weighted by Gasteiger charge is 2.27. The number of rotatable bonds is 5. The summed E-state index contributed by atoms with van der Waals surface area (Å²) in [6.07, 6.45) is 4.45. The van der Waals surface area contributed by atoms with Crippen molar-refractivity contribution in [2.75, 3.05) is 26.2 Å². The van der Waals surface area contributed by atoms with Crippen molar-refractivity contribution in [2.24, 2.45) is 5.73 Å². The molecule has 0 amide bonds. The Morgan fingerprint density at radius 1 is 1.33 bits per heavy atom. The fraction of sp³-hybridized carbons (Fsp3) is 0.529. The standard InChI is InChI=1S/C17H24N2O2/c1-2-20-13-7-9-19(10-8-13)16(11-18)15-12-21-17-6-4-3-5-14(15)17/h3-6,12-13,16H,2,7-11,18H2,1H3. The van der Waals surface area contributed by atoms with Crippen molar-refractivity contribution in [3.8, 4) is 0 Å². The number of furan rings is 1. The maximum atomic E-state index is 6.06. The summed E-state index contributed by atoms with van der Waals surface area (Å²) in [5.74, 6) is 0. The fourth-order valence-corrected chi connectivity index (χ4v) is 3.32. The van der Waals surface area contributed by atoms with Crippen LogP contribution in [0.4, 0.5) is 0 Å². The van der Waals surface area contributed by atoms with E-state index in [0.717, 1.165) is 38.1 Å². The van der Waals surface area contributed by atoms with Gasteiger partial charge in [0.1, 0.15) is 5.58 Å². The number of nitrogens with zero attached hydrogens (tertiary/aromatic N) is 1. The third-order valence-corrected chi connectivity index (χ3v) is 4.41. The van der Waals surface area contributed by atoms with E-state index in [4.69, 9.17) is 14.9 Å². The Morgan fingerprint density at radius 2 is 2.10 bits per heavy atom. The van der Waals surface area contributed by atoms with Gasteiger partial charge >= 0.3 is 0 Å². The molecular weight excluding hydrogens is 264 g/mol. The second-order valence-electron chi connectivity index (χ2n) is 5.63. The molecule has 2 aromatic rings. The fourth-order valence-electron chi connectivity index (χ4n) is 3.32. The van der Waals surface area contributed by atoms with E-state index in [1.165, 1.54) is 10.9 Å². The van der Waals surface area contributed by atoms with E-state index in [9.17, 15) is 0 Å². The van der Waals surface area contributed by atoms with Crippen LogP contribution in [0.5, 0.6) is 0 Å². The Morgan fingerprint density at radius 3 is 2.81 bits per heavy atom. The van der Waals surface area contributed by atoms with Gasteiger partial charge < -0.3 is 14.9 Å². The molecule has 1 aliphatic heterocycles. The van der Waals surface area contributed by atoms with Gasteiger partial charge in [-0.2, -0.15) is 0 Å². The Kier molecular flexibility index (Phi) is 4.58. The lowest BCUT2D eigenvalue weighted by Gasteiger charge is -2.36. The maximum absolute atomic E-state index is 6.06. The van der Waals surface area contributed by atoms with E-state index in [1.807, 2.05) is 18.4 Å². The average molecular weight is 288 g/mol. The van der Waals surface area contributed by atoms with E-state index >= 15 is 0 Å². The minimum Gasteiger partial charge on any atom is -0.464 e. The maximum Gasteiger partial charge on any atom is 0.134 e.